The van der Waals surface area contributed by atoms with Crippen molar-refractivity contribution < 1.29 is 13.6 Å². The van der Waals surface area contributed by atoms with Gasteiger partial charge in [0.1, 0.15) is 0 Å². The van der Waals surface area contributed by atoms with Crippen LogP contribution in [0.15, 0.2) is 53.8 Å². The van der Waals surface area contributed by atoms with Crippen molar-refractivity contribution in [3.8, 4) is 11.3 Å². The first kappa shape index (κ1) is 18.4. The third-order valence-electron chi connectivity index (χ3n) is 3.62. The Balaban J connectivity index is 1.63. The molecule has 0 bridgehead atoms. The van der Waals surface area contributed by atoms with Crippen LogP contribution in [-0.2, 0) is 11.8 Å². The smallest absolute Gasteiger partial charge is 0.234 e. The van der Waals surface area contributed by atoms with E-state index < -0.39 is 11.6 Å². The van der Waals surface area contributed by atoms with Gasteiger partial charge in [-0.25, -0.2) is 13.8 Å². The molecule has 26 heavy (non-hydrogen) atoms. The normalized spacial score (nSPS) is 10.8. The summed E-state index contributed by atoms with van der Waals surface area (Å²) in [7, 11) is 1.85. The summed E-state index contributed by atoms with van der Waals surface area (Å²) in [5, 5.41) is 3.84. The van der Waals surface area contributed by atoms with Crippen LogP contribution >= 0.6 is 23.4 Å². The Morgan fingerprint density at radius 3 is 2.62 bits per heavy atom. The number of thioether (sulfide) groups is 1. The lowest BCUT2D eigenvalue weighted by atomic mass is 10.2. The molecule has 2 aromatic carbocycles. The molecule has 1 heterocycles. The van der Waals surface area contributed by atoms with Gasteiger partial charge in [0.2, 0.25) is 5.91 Å². The topological polar surface area (TPSA) is 46.9 Å². The number of nitrogens with zero attached hydrogens (tertiary/aromatic N) is 2. The Bertz CT molecular complexity index is 944. The summed E-state index contributed by atoms with van der Waals surface area (Å²) < 4.78 is 27.9. The van der Waals surface area contributed by atoms with Gasteiger partial charge in [0.05, 0.1) is 17.6 Å². The lowest BCUT2D eigenvalue weighted by Crippen LogP contribution is -2.14. The van der Waals surface area contributed by atoms with E-state index in [1.165, 1.54) is 17.8 Å². The number of benzene rings is 2. The Morgan fingerprint density at radius 2 is 1.92 bits per heavy atom. The fraction of sp³-hybridized carbons (Fsp3) is 0.111. The van der Waals surface area contributed by atoms with Crippen molar-refractivity contribution in [2.24, 2.45) is 7.05 Å². The summed E-state index contributed by atoms with van der Waals surface area (Å²) in [6, 6.07) is 10.6. The first-order chi connectivity index (χ1) is 12.4. The maximum Gasteiger partial charge on any atom is 0.234 e. The maximum absolute atomic E-state index is 13.2. The van der Waals surface area contributed by atoms with Gasteiger partial charge in [-0.3, -0.25) is 4.79 Å². The quantitative estimate of drug-likeness (QED) is 0.636. The zero-order valence-corrected chi connectivity index (χ0v) is 15.2. The molecule has 0 aliphatic rings. The van der Waals surface area contributed by atoms with E-state index in [-0.39, 0.29) is 17.3 Å². The predicted octanol–water partition coefficient (Wildman–Crippen LogP) is 4.75. The molecule has 0 spiro atoms. The van der Waals surface area contributed by atoms with Crippen molar-refractivity contribution in [2.75, 3.05) is 11.1 Å². The molecule has 134 valence electrons. The molecular formula is C18H14ClF2N3OS. The third kappa shape index (κ3) is 4.23. The fourth-order valence-corrected chi connectivity index (χ4v) is 3.19. The van der Waals surface area contributed by atoms with Gasteiger partial charge in [-0.2, -0.15) is 0 Å². The van der Waals surface area contributed by atoms with Gasteiger partial charge in [0.15, 0.2) is 16.8 Å². The molecule has 1 amide bonds. The minimum atomic E-state index is -1.01. The number of anilines is 1. The van der Waals surface area contributed by atoms with Gasteiger partial charge >= 0.3 is 0 Å². The molecule has 0 saturated carbocycles. The van der Waals surface area contributed by atoms with Crippen molar-refractivity contribution in [3.05, 3.63) is 65.3 Å². The van der Waals surface area contributed by atoms with Crippen LogP contribution in [0.4, 0.5) is 14.5 Å². The number of carbonyl (C=O) groups is 1. The summed E-state index contributed by atoms with van der Waals surface area (Å²) in [4.78, 5) is 16.3. The van der Waals surface area contributed by atoms with Gasteiger partial charge in [0, 0.05) is 23.8 Å². The Morgan fingerprint density at radius 1 is 1.19 bits per heavy atom. The molecule has 0 unspecified atom stereocenters. The number of aromatic nitrogens is 2. The van der Waals surface area contributed by atoms with Crippen molar-refractivity contribution >= 4 is 35.0 Å². The Kier molecular flexibility index (Phi) is 5.58. The molecule has 0 fully saturated rings. The first-order valence-electron chi connectivity index (χ1n) is 7.59. The highest BCUT2D eigenvalue weighted by Gasteiger charge is 2.12. The van der Waals surface area contributed by atoms with E-state index in [0.29, 0.717) is 10.2 Å². The van der Waals surface area contributed by atoms with Crippen LogP contribution in [0.25, 0.3) is 11.3 Å². The molecule has 0 aliphatic heterocycles. The maximum atomic E-state index is 13.2. The summed E-state index contributed by atoms with van der Waals surface area (Å²) in [5.74, 6) is -2.21. The third-order valence-corrected chi connectivity index (χ3v) is 4.92. The van der Waals surface area contributed by atoms with Crippen LogP contribution in [0.3, 0.4) is 0 Å². The molecule has 0 radical (unpaired) electrons. The van der Waals surface area contributed by atoms with E-state index >= 15 is 0 Å². The second-order valence-electron chi connectivity index (χ2n) is 5.46. The van der Waals surface area contributed by atoms with Crippen molar-refractivity contribution in [3.63, 3.8) is 0 Å². The second kappa shape index (κ2) is 7.88. The van der Waals surface area contributed by atoms with Gasteiger partial charge in [-0.05, 0) is 29.8 Å². The molecule has 1 N–H and O–H groups in total. The highest BCUT2D eigenvalue weighted by atomic mass is 35.5. The minimum absolute atomic E-state index is 0.0872. The standard InChI is InChI=1S/C18H14ClF2N3OS/c1-24-16(11-2-4-12(19)5-3-11)9-22-18(24)26-10-17(25)23-13-6-7-14(20)15(21)8-13/h2-9H,10H2,1H3,(H,23,25). The van der Waals surface area contributed by atoms with Crippen LogP contribution in [0, 0.1) is 11.6 Å². The molecule has 3 rings (SSSR count). The molecule has 1 aromatic heterocycles. The average molecular weight is 394 g/mol. The van der Waals surface area contributed by atoms with Crippen LogP contribution in [-0.4, -0.2) is 21.2 Å². The molecule has 0 aliphatic carbocycles. The van der Waals surface area contributed by atoms with E-state index in [1.54, 1.807) is 18.3 Å². The van der Waals surface area contributed by atoms with Gasteiger partial charge in [0.25, 0.3) is 0 Å². The fourth-order valence-electron chi connectivity index (χ4n) is 2.32. The van der Waals surface area contributed by atoms with Crippen molar-refractivity contribution in [2.45, 2.75) is 5.16 Å². The van der Waals surface area contributed by atoms with Gasteiger partial charge < -0.3 is 9.88 Å². The number of hydrogen-bond acceptors (Lipinski definition) is 3. The lowest BCUT2D eigenvalue weighted by Gasteiger charge is -2.07. The lowest BCUT2D eigenvalue weighted by molar-refractivity contribution is -0.113. The Labute approximate surface area is 158 Å². The van der Waals surface area contributed by atoms with Gasteiger partial charge in [-0.15, -0.1) is 0 Å². The molecule has 0 saturated heterocycles. The summed E-state index contributed by atoms with van der Waals surface area (Å²) in [6.07, 6.45) is 1.72. The molecule has 4 nitrogen and oxygen atoms in total. The number of amides is 1. The molecule has 8 heteroatoms. The van der Waals surface area contributed by atoms with E-state index in [2.05, 4.69) is 10.3 Å². The van der Waals surface area contributed by atoms with E-state index in [4.69, 9.17) is 11.6 Å². The average Bonchev–Trinajstić information content (AvgIpc) is 2.98. The summed E-state index contributed by atoms with van der Waals surface area (Å²) in [6.45, 7) is 0. The highest BCUT2D eigenvalue weighted by molar-refractivity contribution is 7.99. The number of imidazole rings is 1. The molecule has 3 aromatic rings. The SMILES string of the molecule is Cn1c(-c2ccc(Cl)cc2)cnc1SCC(=O)Nc1ccc(F)c(F)c1. The number of nitrogens with one attached hydrogen (secondary N) is 1. The molecule has 0 atom stereocenters. The van der Waals surface area contributed by atoms with E-state index in [1.807, 2.05) is 23.7 Å². The van der Waals surface area contributed by atoms with Crippen LogP contribution in [0.5, 0.6) is 0 Å². The number of carbonyl (C=O) groups excluding carboxylic acids is 1. The van der Waals surface area contributed by atoms with Crippen LogP contribution in [0.2, 0.25) is 5.02 Å². The van der Waals surface area contributed by atoms with Crippen LogP contribution in [0.1, 0.15) is 0 Å². The zero-order valence-electron chi connectivity index (χ0n) is 13.7. The number of rotatable bonds is 5. The zero-order chi connectivity index (χ0) is 18.7. The van der Waals surface area contributed by atoms with Gasteiger partial charge in [-0.1, -0.05) is 35.5 Å². The second-order valence-corrected chi connectivity index (χ2v) is 6.84. The monoisotopic (exact) mass is 393 g/mol. The summed E-state index contributed by atoms with van der Waals surface area (Å²) >= 11 is 7.14. The first-order valence-corrected chi connectivity index (χ1v) is 8.96. The highest BCUT2D eigenvalue weighted by Crippen LogP contribution is 2.26. The number of halogens is 3. The Hall–Kier alpha value is -2.38. The van der Waals surface area contributed by atoms with Crippen molar-refractivity contribution in [1.82, 2.24) is 9.55 Å². The van der Waals surface area contributed by atoms with E-state index in [9.17, 15) is 13.6 Å². The largest absolute Gasteiger partial charge is 0.325 e. The number of hydrogen-bond donors (Lipinski definition) is 1. The molecular weight excluding hydrogens is 380 g/mol. The van der Waals surface area contributed by atoms with Crippen molar-refractivity contribution in [1.29, 1.82) is 0 Å². The van der Waals surface area contributed by atoms with Crippen LogP contribution < -0.4 is 5.32 Å². The minimum Gasteiger partial charge on any atom is -0.325 e. The van der Waals surface area contributed by atoms with E-state index in [0.717, 1.165) is 23.4 Å². The summed E-state index contributed by atoms with van der Waals surface area (Å²) in [5.41, 5.74) is 2.06. The predicted molar refractivity (Wildman–Crippen MR) is 99.4 cm³/mol.